The highest BCUT2D eigenvalue weighted by Gasteiger charge is 2.28. The molecular weight excluding hydrogens is 301 g/mol. The SMILES string of the molecule is COc1cnc(C2CCCN2Cc2cnn(CCF)c2)[nH]c1=O. The molecule has 0 aliphatic carbocycles. The summed E-state index contributed by atoms with van der Waals surface area (Å²) in [5.41, 5.74) is 0.765. The van der Waals surface area contributed by atoms with Crippen molar-refractivity contribution in [3.63, 3.8) is 0 Å². The van der Waals surface area contributed by atoms with E-state index in [-0.39, 0.29) is 23.9 Å². The fourth-order valence-electron chi connectivity index (χ4n) is 2.97. The van der Waals surface area contributed by atoms with Crippen LogP contribution < -0.4 is 10.3 Å². The lowest BCUT2D eigenvalue weighted by Gasteiger charge is -2.22. The third-order valence-electron chi connectivity index (χ3n) is 4.07. The van der Waals surface area contributed by atoms with Crippen LogP contribution in [0.1, 0.15) is 30.3 Å². The average Bonchev–Trinajstić information content (AvgIpc) is 3.18. The molecule has 1 aliphatic heterocycles. The molecule has 23 heavy (non-hydrogen) atoms. The van der Waals surface area contributed by atoms with Gasteiger partial charge in [-0.2, -0.15) is 5.10 Å². The summed E-state index contributed by atoms with van der Waals surface area (Å²) in [5, 5.41) is 4.14. The first-order valence-corrected chi connectivity index (χ1v) is 7.66. The highest BCUT2D eigenvalue weighted by atomic mass is 19.1. The maximum atomic E-state index is 12.4. The number of alkyl halides is 1. The number of aromatic nitrogens is 4. The van der Waals surface area contributed by atoms with Crippen molar-refractivity contribution in [3.8, 4) is 5.75 Å². The Bertz CT molecular complexity index is 714. The molecule has 1 atom stereocenters. The molecule has 0 spiro atoms. The monoisotopic (exact) mass is 321 g/mol. The van der Waals surface area contributed by atoms with Gasteiger partial charge in [-0.3, -0.25) is 14.4 Å². The molecule has 1 saturated heterocycles. The van der Waals surface area contributed by atoms with Gasteiger partial charge in [0.25, 0.3) is 5.56 Å². The first kappa shape index (κ1) is 15.7. The van der Waals surface area contributed by atoms with Crippen LogP contribution in [0, 0.1) is 0 Å². The van der Waals surface area contributed by atoms with E-state index in [0.717, 1.165) is 24.9 Å². The van der Waals surface area contributed by atoms with Crippen LogP contribution in [0.25, 0.3) is 0 Å². The Morgan fingerprint density at radius 1 is 1.48 bits per heavy atom. The Kier molecular flexibility index (Phi) is 4.71. The fourth-order valence-corrected chi connectivity index (χ4v) is 2.97. The number of hydrogen-bond donors (Lipinski definition) is 1. The van der Waals surface area contributed by atoms with Gasteiger partial charge in [0.1, 0.15) is 12.5 Å². The molecule has 2 aromatic rings. The largest absolute Gasteiger partial charge is 0.490 e. The van der Waals surface area contributed by atoms with Crippen LogP contribution in [0.5, 0.6) is 5.75 Å². The second-order valence-corrected chi connectivity index (χ2v) is 5.60. The predicted molar refractivity (Wildman–Crippen MR) is 82.0 cm³/mol. The number of nitrogens with zero attached hydrogens (tertiary/aromatic N) is 4. The van der Waals surface area contributed by atoms with Gasteiger partial charge >= 0.3 is 0 Å². The van der Waals surface area contributed by atoms with Crippen LogP contribution in [0.4, 0.5) is 4.39 Å². The van der Waals surface area contributed by atoms with Crippen molar-refractivity contribution in [3.05, 3.63) is 40.3 Å². The standard InChI is InChI=1S/C15H20FN5O2/c1-23-13-8-17-14(19-15(13)22)12-3-2-5-20(12)9-11-7-18-21(10-11)6-4-16/h7-8,10,12H,2-6,9H2,1H3,(H,17,19,22). The van der Waals surface area contributed by atoms with Crippen molar-refractivity contribution in [1.82, 2.24) is 24.6 Å². The molecule has 1 aliphatic rings. The van der Waals surface area contributed by atoms with Crippen molar-refractivity contribution in [2.45, 2.75) is 32.0 Å². The number of aryl methyl sites for hydroxylation is 1. The summed E-state index contributed by atoms with van der Waals surface area (Å²) in [5.74, 6) is 0.871. The van der Waals surface area contributed by atoms with Crippen LogP contribution in [-0.4, -0.2) is 45.0 Å². The molecule has 124 valence electrons. The summed E-state index contributed by atoms with van der Waals surface area (Å²) < 4.78 is 18.9. The van der Waals surface area contributed by atoms with Crippen LogP contribution in [-0.2, 0) is 13.1 Å². The molecule has 0 amide bonds. The van der Waals surface area contributed by atoms with E-state index in [1.807, 2.05) is 6.20 Å². The van der Waals surface area contributed by atoms with Gasteiger partial charge in [-0.25, -0.2) is 9.37 Å². The summed E-state index contributed by atoms with van der Waals surface area (Å²) >= 11 is 0. The van der Waals surface area contributed by atoms with Gasteiger partial charge in [0.05, 0.1) is 32.1 Å². The third-order valence-corrected chi connectivity index (χ3v) is 4.07. The lowest BCUT2D eigenvalue weighted by molar-refractivity contribution is 0.238. The number of aromatic amines is 1. The Labute approximate surface area is 133 Å². The normalized spacial score (nSPS) is 18.4. The second kappa shape index (κ2) is 6.91. The van der Waals surface area contributed by atoms with Gasteiger partial charge in [0, 0.05) is 18.3 Å². The number of methoxy groups -OCH3 is 1. The van der Waals surface area contributed by atoms with Gasteiger partial charge in [-0.1, -0.05) is 0 Å². The minimum atomic E-state index is -0.426. The van der Waals surface area contributed by atoms with Crippen LogP contribution >= 0.6 is 0 Å². The van der Waals surface area contributed by atoms with E-state index in [0.29, 0.717) is 12.4 Å². The van der Waals surface area contributed by atoms with E-state index >= 15 is 0 Å². The molecule has 7 nitrogen and oxygen atoms in total. The van der Waals surface area contributed by atoms with Crippen molar-refractivity contribution < 1.29 is 9.13 Å². The summed E-state index contributed by atoms with van der Waals surface area (Å²) in [4.78, 5) is 21.3. The summed E-state index contributed by atoms with van der Waals surface area (Å²) in [6, 6.07) is 0.0677. The molecule has 0 aromatic carbocycles. The molecule has 0 bridgehead atoms. The number of hydrogen-bond acceptors (Lipinski definition) is 5. The number of H-pyrrole nitrogens is 1. The fraction of sp³-hybridized carbons (Fsp3) is 0.533. The van der Waals surface area contributed by atoms with E-state index in [4.69, 9.17) is 4.74 Å². The lowest BCUT2D eigenvalue weighted by Crippen LogP contribution is -2.26. The van der Waals surface area contributed by atoms with E-state index in [1.54, 1.807) is 10.9 Å². The van der Waals surface area contributed by atoms with E-state index in [9.17, 15) is 9.18 Å². The zero-order valence-electron chi connectivity index (χ0n) is 13.0. The maximum absolute atomic E-state index is 12.4. The molecular formula is C15H20FN5O2. The number of halogens is 1. The molecule has 3 heterocycles. The molecule has 0 radical (unpaired) electrons. The maximum Gasteiger partial charge on any atom is 0.293 e. The highest BCUT2D eigenvalue weighted by Crippen LogP contribution is 2.30. The third kappa shape index (κ3) is 3.42. The van der Waals surface area contributed by atoms with Gasteiger partial charge in [-0.05, 0) is 19.4 Å². The number of likely N-dealkylation sites (tertiary alicyclic amines) is 1. The number of ether oxygens (including phenoxy) is 1. The average molecular weight is 321 g/mol. The van der Waals surface area contributed by atoms with E-state index < -0.39 is 6.67 Å². The van der Waals surface area contributed by atoms with Crippen LogP contribution in [0.2, 0.25) is 0 Å². The van der Waals surface area contributed by atoms with Crippen LogP contribution in [0.3, 0.4) is 0 Å². The summed E-state index contributed by atoms with van der Waals surface area (Å²) in [6.45, 7) is 1.47. The smallest absolute Gasteiger partial charge is 0.293 e. The van der Waals surface area contributed by atoms with E-state index in [1.165, 1.54) is 13.3 Å². The van der Waals surface area contributed by atoms with E-state index in [2.05, 4.69) is 20.0 Å². The van der Waals surface area contributed by atoms with Crippen molar-refractivity contribution in [2.24, 2.45) is 0 Å². The Morgan fingerprint density at radius 2 is 2.35 bits per heavy atom. The zero-order chi connectivity index (χ0) is 16.2. The first-order valence-electron chi connectivity index (χ1n) is 7.66. The minimum absolute atomic E-state index is 0.0677. The summed E-state index contributed by atoms with van der Waals surface area (Å²) in [7, 11) is 1.45. The molecule has 1 N–H and O–H groups in total. The topological polar surface area (TPSA) is 76.0 Å². The minimum Gasteiger partial charge on any atom is -0.490 e. The zero-order valence-corrected chi connectivity index (χ0v) is 13.0. The van der Waals surface area contributed by atoms with Gasteiger partial charge in [0.2, 0.25) is 5.75 Å². The molecule has 2 aromatic heterocycles. The first-order chi connectivity index (χ1) is 11.2. The van der Waals surface area contributed by atoms with Gasteiger partial charge in [0.15, 0.2) is 0 Å². The number of nitrogens with one attached hydrogen (secondary N) is 1. The Balaban J connectivity index is 1.74. The Morgan fingerprint density at radius 3 is 3.09 bits per heavy atom. The van der Waals surface area contributed by atoms with Crippen molar-refractivity contribution >= 4 is 0 Å². The second-order valence-electron chi connectivity index (χ2n) is 5.60. The molecule has 1 fully saturated rings. The summed E-state index contributed by atoms with van der Waals surface area (Å²) in [6.07, 6.45) is 7.06. The molecule has 8 heteroatoms. The Hall–Kier alpha value is -2.22. The van der Waals surface area contributed by atoms with Crippen LogP contribution in [0.15, 0.2) is 23.4 Å². The predicted octanol–water partition coefficient (Wildman–Crippen LogP) is 1.28. The molecule has 1 unspecified atom stereocenters. The highest BCUT2D eigenvalue weighted by molar-refractivity contribution is 5.15. The van der Waals surface area contributed by atoms with Crippen molar-refractivity contribution in [1.29, 1.82) is 0 Å². The molecule has 3 rings (SSSR count). The van der Waals surface area contributed by atoms with Gasteiger partial charge < -0.3 is 9.72 Å². The lowest BCUT2D eigenvalue weighted by atomic mass is 10.2. The van der Waals surface area contributed by atoms with Crippen molar-refractivity contribution in [2.75, 3.05) is 20.3 Å². The van der Waals surface area contributed by atoms with Gasteiger partial charge in [-0.15, -0.1) is 0 Å². The number of rotatable bonds is 6. The molecule has 0 saturated carbocycles. The quantitative estimate of drug-likeness (QED) is 0.867.